The molecule has 0 radical (unpaired) electrons. The molecule has 0 aliphatic heterocycles. The van der Waals surface area contributed by atoms with Crippen LogP contribution in [0, 0.1) is 0 Å². The molecule has 0 saturated carbocycles. The van der Waals surface area contributed by atoms with Crippen molar-refractivity contribution >= 4 is 16.7 Å². The van der Waals surface area contributed by atoms with E-state index in [9.17, 15) is 4.79 Å². The normalized spacial score (nSPS) is 14.0. The quantitative estimate of drug-likeness (QED) is 0.679. The van der Waals surface area contributed by atoms with Crippen LogP contribution in [-0.4, -0.2) is 24.7 Å². The zero-order chi connectivity index (χ0) is 15.2. The van der Waals surface area contributed by atoms with Crippen molar-refractivity contribution in [2.45, 2.75) is 32.5 Å². The molecule has 2 aromatic carbocycles. The first-order valence-corrected chi connectivity index (χ1v) is 7.36. The highest BCUT2D eigenvalue weighted by molar-refractivity contribution is 5.84. The van der Waals surface area contributed by atoms with Crippen LogP contribution in [0.1, 0.15) is 19.4 Å². The standard InChI is InChI=1S/C17H23N3O/c1-3-19-12(2)20-16(17(18)21)11-13-8-9-14-6-4-5-7-15(14)10-13/h4-10,12,16,19-20H,3,11H2,1-2H3,(H2,18,21). The molecule has 0 bridgehead atoms. The fourth-order valence-corrected chi connectivity index (χ4v) is 2.51. The number of amides is 1. The maximum Gasteiger partial charge on any atom is 0.234 e. The van der Waals surface area contributed by atoms with Gasteiger partial charge in [0.25, 0.3) is 0 Å². The molecule has 4 nitrogen and oxygen atoms in total. The smallest absolute Gasteiger partial charge is 0.234 e. The van der Waals surface area contributed by atoms with E-state index in [0.29, 0.717) is 6.42 Å². The van der Waals surface area contributed by atoms with Crippen molar-refractivity contribution in [3.05, 3.63) is 48.0 Å². The highest BCUT2D eigenvalue weighted by Gasteiger charge is 2.17. The molecule has 2 unspecified atom stereocenters. The minimum atomic E-state index is -0.375. The molecule has 0 fully saturated rings. The number of fused-ring (bicyclic) bond motifs is 1. The van der Waals surface area contributed by atoms with Crippen LogP contribution in [0.15, 0.2) is 42.5 Å². The van der Waals surface area contributed by atoms with Crippen LogP contribution in [0.25, 0.3) is 10.8 Å². The summed E-state index contributed by atoms with van der Waals surface area (Å²) in [4.78, 5) is 11.6. The SMILES string of the molecule is CCNC(C)NC(Cc1ccc2ccccc2c1)C(N)=O. The van der Waals surface area contributed by atoms with Gasteiger partial charge >= 0.3 is 0 Å². The summed E-state index contributed by atoms with van der Waals surface area (Å²) < 4.78 is 0. The van der Waals surface area contributed by atoms with Crippen molar-refractivity contribution in [1.29, 1.82) is 0 Å². The summed E-state index contributed by atoms with van der Waals surface area (Å²) in [5, 5.41) is 8.83. The van der Waals surface area contributed by atoms with E-state index >= 15 is 0 Å². The van der Waals surface area contributed by atoms with Crippen LogP contribution in [0.3, 0.4) is 0 Å². The predicted octanol–water partition coefficient (Wildman–Crippen LogP) is 1.78. The summed E-state index contributed by atoms with van der Waals surface area (Å²) in [5.41, 5.74) is 6.62. The lowest BCUT2D eigenvalue weighted by atomic mass is 10.0. The van der Waals surface area contributed by atoms with Gasteiger partial charge in [0.15, 0.2) is 0 Å². The minimum absolute atomic E-state index is 0.0490. The Kier molecular flexibility index (Phi) is 5.31. The van der Waals surface area contributed by atoms with Crippen molar-refractivity contribution in [3.8, 4) is 0 Å². The summed E-state index contributed by atoms with van der Waals surface area (Å²) >= 11 is 0. The lowest BCUT2D eigenvalue weighted by Crippen LogP contribution is -2.51. The third-order valence-electron chi connectivity index (χ3n) is 3.56. The molecule has 0 spiro atoms. The number of primary amides is 1. The number of nitrogens with one attached hydrogen (secondary N) is 2. The number of nitrogens with two attached hydrogens (primary N) is 1. The zero-order valence-corrected chi connectivity index (χ0v) is 12.6. The van der Waals surface area contributed by atoms with Crippen LogP contribution < -0.4 is 16.4 Å². The van der Waals surface area contributed by atoms with Crippen LogP contribution in [-0.2, 0) is 11.2 Å². The van der Waals surface area contributed by atoms with Gasteiger partial charge in [-0.2, -0.15) is 0 Å². The van der Waals surface area contributed by atoms with E-state index in [2.05, 4.69) is 41.0 Å². The highest BCUT2D eigenvalue weighted by atomic mass is 16.1. The zero-order valence-electron chi connectivity index (χ0n) is 12.6. The van der Waals surface area contributed by atoms with E-state index in [1.807, 2.05) is 26.0 Å². The molecule has 0 aliphatic rings. The third kappa shape index (κ3) is 4.28. The van der Waals surface area contributed by atoms with Gasteiger partial charge in [-0.15, -0.1) is 0 Å². The summed E-state index contributed by atoms with van der Waals surface area (Å²) in [7, 11) is 0. The number of carbonyl (C=O) groups is 1. The Balaban J connectivity index is 2.12. The van der Waals surface area contributed by atoms with Gasteiger partial charge in [0, 0.05) is 0 Å². The Morgan fingerprint density at radius 2 is 1.90 bits per heavy atom. The first kappa shape index (κ1) is 15.5. The molecule has 0 heterocycles. The van der Waals surface area contributed by atoms with E-state index in [4.69, 9.17) is 5.73 Å². The average molecular weight is 285 g/mol. The Bertz CT molecular complexity index is 612. The van der Waals surface area contributed by atoms with Gasteiger partial charge < -0.3 is 11.1 Å². The lowest BCUT2D eigenvalue weighted by molar-refractivity contribution is -0.120. The Labute approximate surface area is 125 Å². The number of hydrogen-bond donors (Lipinski definition) is 3. The molecule has 4 N–H and O–H groups in total. The van der Waals surface area contributed by atoms with Gasteiger partial charge in [-0.3, -0.25) is 10.1 Å². The third-order valence-corrected chi connectivity index (χ3v) is 3.56. The highest BCUT2D eigenvalue weighted by Crippen LogP contribution is 2.16. The average Bonchev–Trinajstić information content (AvgIpc) is 2.46. The topological polar surface area (TPSA) is 67.2 Å². The monoisotopic (exact) mass is 285 g/mol. The second-order valence-corrected chi connectivity index (χ2v) is 5.29. The molecule has 0 aromatic heterocycles. The van der Waals surface area contributed by atoms with Gasteiger partial charge in [0.2, 0.25) is 5.91 Å². The largest absolute Gasteiger partial charge is 0.368 e. The number of carbonyl (C=O) groups excluding carboxylic acids is 1. The predicted molar refractivity (Wildman–Crippen MR) is 86.9 cm³/mol. The van der Waals surface area contributed by atoms with E-state index in [1.165, 1.54) is 10.8 Å². The van der Waals surface area contributed by atoms with Crippen molar-refractivity contribution in [2.75, 3.05) is 6.54 Å². The van der Waals surface area contributed by atoms with E-state index < -0.39 is 0 Å². The van der Waals surface area contributed by atoms with Crippen LogP contribution in [0.5, 0.6) is 0 Å². The Morgan fingerprint density at radius 3 is 2.57 bits per heavy atom. The fraction of sp³-hybridized carbons (Fsp3) is 0.353. The second kappa shape index (κ2) is 7.20. The maximum atomic E-state index is 11.6. The molecule has 2 rings (SSSR count). The molecule has 4 heteroatoms. The number of rotatable bonds is 7. The van der Waals surface area contributed by atoms with Crippen molar-refractivity contribution < 1.29 is 4.79 Å². The van der Waals surface area contributed by atoms with Crippen molar-refractivity contribution in [2.24, 2.45) is 5.73 Å². The molecule has 112 valence electrons. The van der Waals surface area contributed by atoms with E-state index in [0.717, 1.165) is 12.1 Å². The molecule has 2 aromatic rings. The van der Waals surface area contributed by atoms with Gasteiger partial charge in [-0.25, -0.2) is 0 Å². The Hall–Kier alpha value is -1.91. The molecular weight excluding hydrogens is 262 g/mol. The second-order valence-electron chi connectivity index (χ2n) is 5.29. The van der Waals surface area contributed by atoms with Gasteiger partial charge in [0.05, 0.1) is 12.2 Å². The summed E-state index contributed by atoms with van der Waals surface area (Å²) in [6.45, 7) is 4.86. The van der Waals surface area contributed by atoms with Gasteiger partial charge in [-0.1, -0.05) is 49.4 Å². The molecule has 21 heavy (non-hydrogen) atoms. The fourth-order valence-electron chi connectivity index (χ4n) is 2.51. The molecule has 0 saturated heterocycles. The summed E-state index contributed by atoms with van der Waals surface area (Å²) in [6, 6.07) is 14.1. The molecular formula is C17H23N3O. The molecule has 2 atom stereocenters. The summed E-state index contributed by atoms with van der Waals surface area (Å²) in [6.07, 6.45) is 0.642. The van der Waals surface area contributed by atoms with Crippen LogP contribution in [0.4, 0.5) is 0 Å². The maximum absolute atomic E-state index is 11.6. The minimum Gasteiger partial charge on any atom is -0.368 e. The van der Waals surface area contributed by atoms with E-state index in [-0.39, 0.29) is 18.1 Å². The van der Waals surface area contributed by atoms with Crippen molar-refractivity contribution in [1.82, 2.24) is 10.6 Å². The molecule has 1 amide bonds. The number of hydrogen-bond acceptors (Lipinski definition) is 3. The van der Waals surface area contributed by atoms with Gasteiger partial charge in [-0.05, 0) is 36.2 Å². The van der Waals surface area contributed by atoms with Crippen LogP contribution in [0.2, 0.25) is 0 Å². The molecule has 0 aliphatic carbocycles. The summed E-state index contributed by atoms with van der Waals surface area (Å²) in [5.74, 6) is -0.326. The van der Waals surface area contributed by atoms with E-state index in [1.54, 1.807) is 0 Å². The Morgan fingerprint density at radius 1 is 1.19 bits per heavy atom. The first-order chi connectivity index (χ1) is 10.1. The van der Waals surface area contributed by atoms with Crippen LogP contribution >= 0.6 is 0 Å². The number of benzene rings is 2. The van der Waals surface area contributed by atoms with Gasteiger partial charge in [0.1, 0.15) is 0 Å². The van der Waals surface area contributed by atoms with Crippen molar-refractivity contribution in [3.63, 3.8) is 0 Å². The lowest BCUT2D eigenvalue weighted by Gasteiger charge is -2.21. The first-order valence-electron chi connectivity index (χ1n) is 7.36.